The fourth-order valence-electron chi connectivity index (χ4n) is 3.16. The maximum atomic E-state index is 13.2. The van der Waals surface area contributed by atoms with Gasteiger partial charge in [-0.1, -0.05) is 53.6 Å². The van der Waals surface area contributed by atoms with E-state index in [4.69, 9.17) is 9.47 Å². The van der Waals surface area contributed by atoms with Crippen LogP contribution in [0.4, 0.5) is 5.69 Å². The summed E-state index contributed by atoms with van der Waals surface area (Å²) < 4.78 is 10.5. The van der Waals surface area contributed by atoms with E-state index in [-0.39, 0.29) is 11.1 Å². The van der Waals surface area contributed by atoms with E-state index in [0.717, 1.165) is 11.1 Å². The molecule has 2 N–H and O–H groups in total. The third kappa shape index (κ3) is 6.54. The maximum Gasteiger partial charge on any atom is 0.349 e. The summed E-state index contributed by atoms with van der Waals surface area (Å²) in [6.07, 6.45) is -4.06. The highest BCUT2D eigenvalue weighted by Gasteiger charge is 2.41. The zero-order valence-corrected chi connectivity index (χ0v) is 19.5. The van der Waals surface area contributed by atoms with Crippen molar-refractivity contribution in [1.82, 2.24) is 0 Å². The number of aryl methyl sites for hydroxylation is 3. The minimum atomic E-state index is -2.10. The topological polar surface area (TPSA) is 119 Å². The van der Waals surface area contributed by atoms with Crippen molar-refractivity contribution in [2.45, 2.75) is 33.0 Å². The Bertz CT molecular complexity index is 1230. The molecular formula is C27H25NO7. The first-order valence-electron chi connectivity index (χ1n) is 10.8. The van der Waals surface area contributed by atoms with Crippen molar-refractivity contribution in [3.05, 3.63) is 101 Å². The summed E-state index contributed by atoms with van der Waals surface area (Å²) in [7, 11) is 0. The summed E-state index contributed by atoms with van der Waals surface area (Å²) in [5, 5.41) is 12.4. The number of anilines is 1. The average Bonchev–Trinajstić information content (AvgIpc) is 2.83. The normalized spacial score (nSPS) is 12.2. The van der Waals surface area contributed by atoms with Crippen LogP contribution in [-0.4, -0.2) is 41.1 Å². The molecule has 0 aliphatic rings. The van der Waals surface area contributed by atoms with E-state index < -0.39 is 36.0 Å². The van der Waals surface area contributed by atoms with Crippen LogP contribution >= 0.6 is 0 Å². The molecule has 180 valence electrons. The Labute approximate surface area is 202 Å². The highest BCUT2D eigenvalue weighted by Crippen LogP contribution is 2.18. The number of carbonyl (C=O) groups excluding carboxylic acids is 3. The van der Waals surface area contributed by atoms with Gasteiger partial charge in [-0.3, -0.25) is 4.79 Å². The van der Waals surface area contributed by atoms with Crippen molar-refractivity contribution in [2.24, 2.45) is 0 Å². The highest BCUT2D eigenvalue weighted by molar-refractivity contribution is 6.01. The summed E-state index contributed by atoms with van der Waals surface area (Å²) in [4.78, 5) is 50.7. The van der Waals surface area contributed by atoms with E-state index in [9.17, 15) is 24.3 Å². The molecule has 0 unspecified atom stereocenters. The first kappa shape index (κ1) is 25.2. The van der Waals surface area contributed by atoms with Crippen LogP contribution in [0.15, 0.2) is 72.8 Å². The second-order valence-corrected chi connectivity index (χ2v) is 8.03. The van der Waals surface area contributed by atoms with Crippen molar-refractivity contribution < 1.29 is 33.8 Å². The number of benzene rings is 3. The van der Waals surface area contributed by atoms with Gasteiger partial charge < -0.3 is 19.9 Å². The van der Waals surface area contributed by atoms with Crippen molar-refractivity contribution in [3.63, 3.8) is 0 Å². The molecule has 0 saturated heterocycles. The van der Waals surface area contributed by atoms with Crippen LogP contribution in [0.1, 0.15) is 37.4 Å². The lowest BCUT2D eigenvalue weighted by Crippen LogP contribution is -2.48. The van der Waals surface area contributed by atoms with Gasteiger partial charge in [-0.25, -0.2) is 14.4 Å². The van der Waals surface area contributed by atoms with Gasteiger partial charge in [0.25, 0.3) is 5.91 Å². The highest BCUT2D eigenvalue weighted by atomic mass is 16.6. The van der Waals surface area contributed by atoms with Crippen LogP contribution in [0.2, 0.25) is 0 Å². The first-order valence-corrected chi connectivity index (χ1v) is 10.8. The quantitative estimate of drug-likeness (QED) is 0.471. The van der Waals surface area contributed by atoms with Crippen molar-refractivity contribution in [1.29, 1.82) is 0 Å². The minimum absolute atomic E-state index is 0.0878. The number of carboxylic acids is 1. The number of para-hydroxylation sites is 1. The van der Waals surface area contributed by atoms with Crippen LogP contribution in [0.3, 0.4) is 0 Å². The molecule has 8 heteroatoms. The molecule has 0 saturated carbocycles. The lowest BCUT2D eigenvalue weighted by atomic mass is 10.1. The van der Waals surface area contributed by atoms with E-state index in [0.29, 0.717) is 11.3 Å². The Morgan fingerprint density at radius 2 is 1.14 bits per heavy atom. The predicted molar refractivity (Wildman–Crippen MR) is 128 cm³/mol. The zero-order chi connectivity index (χ0) is 25.5. The number of ether oxygens (including phenoxy) is 2. The second kappa shape index (κ2) is 11.1. The number of carboxylic acid groups (broad SMARTS) is 1. The molecule has 3 rings (SSSR count). The smallest absolute Gasteiger partial charge is 0.349 e. The Balaban J connectivity index is 1.91. The molecule has 8 nitrogen and oxygen atoms in total. The molecule has 3 aromatic rings. The molecule has 0 aliphatic heterocycles. The zero-order valence-electron chi connectivity index (χ0n) is 19.5. The molecule has 0 aliphatic carbocycles. The average molecular weight is 475 g/mol. The van der Waals surface area contributed by atoms with Crippen molar-refractivity contribution in [3.8, 4) is 0 Å². The fourth-order valence-corrected chi connectivity index (χ4v) is 3.16. The van der Waals surface area contributed by atoms with E-state index >= 15 is 0 Å². The van der Waals surface area contributed by atoms with Gasteiger partial charge in [-0.15, -0.1) is 0 Å². The third-order valence-corrected chi connectivity index (χ3v) is 5.22. The van der Waals surface area contributed by atoms with Gasteiger partial charge in [0.1, 0.15) is 0 Å². The Hall–Kier alpha value is -4.46. The lowest BCUT2D eigenvalue weighted by molar-refractivity contribution is -0.157. The standard InChI is InChI=1S/C27H25NO7/c1-16-8-12-19(13-9-16)26(32)34-22(24(29)28-21-7-5-4-6-18(21)3)23(25(30)31)35-27(33)20-14-10-17(2)11-15-20/h4-15,22-23H,1-3H3,(H,28,29)(H,30,31)/t22-,23-/m0/s1. The first-order chi connectivity index (χ1) is 16.7. The number of aliphatic carboxylic acids is 1. The summed E-state index contributed by atoms with van der Waals surface area (Å²) >= 11 is 0. The lowest BCUT2D eigenvalue weighted by Gasteiger charge is -2.24. The Morgan fingerprint density at radius 1 is 0.686 bits per heavy atom. The summed E-state index contributed by atoms with van der Waals surface area (Å²) in [5.74, 6) is -4.51. The number of hydrogen-bond acceptors (Lipinski definition) is 6. The number of hydrogen-bond donors (Lipinski definition) is 2. The number of carbonyl (C=O) groups is 4. The third-order valence-electron chi connectivity index (χ3n) is 5.22. The summed E-state index contributed by atoms with van der Waals surface area (Å²) in [6.45, 7) is 5.40. The van der Waals surface area contributed by atoms with Gasteiger partial charge in [0.05, 0.1) is 11.1 Å². The largest absolute Gasteiger partial charge is 0.478 e. The van der Waals surface area contributed by atoms with E-state index in [2.05, 4.69) is 5.32 Å². The number of rotatable bonds is 8. The summed E-state index contributed by atoms with van der Waals surface area (Å²) in [6, 6.07) is 19.4. The van der Waals surface area contributed by atoms with E-state index in [1.807, 2.05) is 13.8 Å². The molecule has 0 radical (unpaired) electrons. The van der Waals surface area contributed by atoms with Gasteiger partial charge in [-0.2, -0.15) is 0 Å². The van der Waals surface area contributed by atoms with Crippen LogP contribution in [-0.2, 0) is 19.1 Å². The van der Waals surface area contributed by atoms with Gasteiger partial charge >= 0.3 is 17.9 Å². The van der Waals surface area contributed by atoms with Crippen LogP contribution in [0.5, 0.6) is 0 Å². The monoisotopic (exact) mass is 475 g/mol. The molecule has 0 fully saturated rings. The minimum Gasteiger partial charge on any atom is -0.478 e. The van der Waals surface area contributed by atoms with Crippen LogP contribution < -0.4 is 5.32 Å². The Morgan fingerprint density at radius 3 is 1.60 bits per heavy atom. The molecule has 0 aromatic heterocycles. The van der Waals surface area contributed by atoms with Gasteiger partial charge in [-0.05, 0) is 56.7 Å². The maximum absolute atomic E-state index is 13.2. The van der Waals surface area contributed by atoms with E-state index in [1.54, 1.807) is 55.5 Å². The second-order valence-electron chi connectivity index (χ2n) is 8.03. The Kier molecular flexibility index (Phi) is 7.99. The van der Waals surface area contributed by atoms with Gasteiger partial charge in [0, 0.05) is 5.69 Å². The molecule has 2 atom stereocenters. The summed E-state index contributed by atoms with van der Waals surface area (Å²) in [5.41, 5.74) is 3.07. The number of nitrogens with one attached hydrogen (secondary N) is 1. The van der Waals surface area contributed by atoms with Crippen molar-refractivity contribution >= 4 is 29.5 Å². The molecule has 3 aromatic carbocycles. The number of amides is 1. The molecule has 0 heterocycles. The van der Waals surface area contributed by atoms with Crippen LogP contribution in [0, 0.1) is 20.8 Å². The SMILES string of the molecule is Cc1ccc(C(=O)O[C@H](C(=O)O)[C@H](OC(=O)c2ccc(C)cc2)C(=O)Nc2ccccc2C)cc1. The van der Waals surface area contributed by atoms with Crippen LogP contribution in [0.25, 0.3) is 0 Å². The molecule has 0 spiro atoms. The number of esters is 2. The fraction of sp³-hybridized carbons (Fsp3) is 0.185. The molecule has 1 amide bonds. The molecule has 35 heavy (non-hydrogen) atoms. The van der Waals surface area contributed by atoms with E-state index in [1.165, 1.54) is 24.3 Å². The van der Waals surface area contributed by atoms with Crippen molar-refractivity contribution in [2.75, 3.05) is 5.32 Å². The molecular weight excluding hydrogens is 450 g/mol. The van der Waals surface area contributed by atoms with Gasteiger partial charge in [0.2, 0.25) is 12.2 Å². The molecule has 0 bridgehead atoms. The predicted octanol–water partition coefficient (Wildman–Crippen LogP) is 4.09. The van der Waals surface area contributed by atoms with Gasteiger partial charge in [0.15, 0.2) is 0 Å².